The second-order valence-corrected chi connectivity index (χ2v) is 6.43. The largest absolute Gasteiger partial charge is 0.339 e. The molecule has 1 aliphatic heterocycles. The van der Waals surface area contributed by atoms with Crippen molar-refractivity contribution >= 4 is 22.8 Å². The Bertz CT molecular complexity index is 996. The molecule has 1 amide bonds. The molecular formula is C19H20N6O2. The molecule has 4 rings (SSSR count). The molecule has 3 heterocycles. The Hall–Kier alpha value is -3.29. The molecule has 27 heavy (non-hydrogen) atoms. The number of carbonyl (C=O) groups is 1. The van der Waals surface area contributed by atoms with Crippen LogP contribution in [-0.4, -0.2) is 56.5 Å². The number of hydrogen-bond acceptors (Lipinski definition) is 6. The van der Waals surface area contributed by atoms with E-state index in [9.17, 15) is 9.59 Å². The van der Waals surface area contributed by atoms with Gasteiger partial charge < -0.3 is 9.80 Å². The highest BCUT2D eigenvalue weighted by molar-refractivity contribution is 5.77. The average molecular weight is 364 g/mol. The first-order chi connectivity index (χ1) is 13.2. The first-order valence-electron chi connectivity index (χ1n) is 8.96. The minimum absolute atomic E-state index is 0.0451. The van der Waals surface area contributed by atoms with E-state index < -0.39 is 0 Å². The fourth-order valence-electron chi connectivity index (χ4n) is 3.25. The van der Waals surface area contributed by atoms with E-state index in [1.54, 1.807) is 24.5 Å². The van der Waals surface area contributed by atoms with Crippen molar-refractivity contribution in [3.63, 3.8) is 0 Å². The van der Waals surface area contributed by atoms with Gasteiger partial charge in [-0.25, -0.2) is 15.0 Å². The molecule has 8 heteroatoms. The number of para-hydroxylation sites is 1. The molecule has 0 bridgehead atoms. The summed E-state index contributed by atoms with van der Waals surface area (Å²) in [5.41, 5.74) is 0.559. The Morgan fingerprint density at radius 2 is 1.70 bits per heavy atom. The topological polar surface area (TPSA) is 84.2 Å². The number of rotatable bonds is 4. The van der Waals surface area contributed by atoms with Crippen molar-refractivity contribution in [2.24, 2.45) is 0 Å². The van der Waals surface area contributed by atoms with E-state index in [-0.39, 0.29) is 17.9 Å². The zero-order chi connectivity index (χ0) is 18.6. The van der Waals surface area contributed by atoms with E-state index in [1.807, 2.05) is 23.1 Å². The quantitative estimate of drug-likeness (QED) is 0.685. The number of aromatic nitrogens is 4. The lowest BCUT2D eigenvalue weighted by atomic mass is 10.2. The fourth-order valence-corrected chi connectivity index (χ4v) is 3.25. The third-order valence-corrected chi connectivity index (χ3v) is 4.77. The van der Waals surface area contributed by atoms with Crippen LogP contribution in [0, 0.1) is 0 Å². The monoisotopic (exact) mass is 364 g/mol. The van der Waals surface area contributed by atoms with Crippen molar-refractivity contribution in [2.45, 2.75) is 13.0 Å². The van der Waals surface area contributed by atoms with Gasteiger partial charge in [0, 0.05) is 51.5 Å². The molecule has 8 nitrogen and oxygen atoms in total. The normalized spacial score (nSPS) is 14.5. The van der Waals surface area contributed by atoms with Crippen LogP contribution in [0.25, 0.3) is 10.9 Å². The van der Waals surface area contributed by atoms with Gasteiger partial charge in [0.25, 0.3) is 5.56 Å². The highest BCUT2D eigenvalue weighted by Gasteiger charge is 2.22. The van der Waals surface area contributed by atoms with E-state index in [2.05, 4.69) is 19.9 Å². The van der Waals surface area contributed by atoms with Crippen molar-refractivity contribution in [2.75, 3.05) is 31.1 Å². The predicted molar refractivity (Wildman–Crippen MR) is 101 cm³/mol. The molecule has 138 valence electrons. The van der Waals surface area contributed by atoms with E-state index in [1.165, 1.54) is 10.9 Å². The Kier molecular flexibility index (Phi) is 4.78. The Labute approximate surface area is 156 Å². The molecule has 1 aliphatic rings. The highest BCUT2D eigenvalue weighted by atomic mass is 16.2. The summed E-state index contributed by atoms with van der Waals surface area (Å²) in [7, 11) is 0. The molecule has 1 aromatic carbocycles. The molecule has 1 saturated heterocycles. The van der Waals surface area contributed by atoms with Crippen LogP contribution in [0.4, 0.5) is 5.95 Å². The van der Waals surface area contributed by atoms with Gasteiger partial charge in [-0.1, -0.05) is 12.1 Å². The molecule has 0 unspecified atom stereocenters. The van der Waals surface area contributed by atoms with Crippen LogP contribution in [0.5, 0.6) is 0 Å². The molecule has 0 radical (unpaired) electrons. The second kappa shape index (κ2) is 7.53. The maximum atomic E-state index is 12.5. The van der Waals surface area contributed by atoms with E-state index in [0.29, 0.717) is 49.6 Å². The number of carbonyl (C=O) groups excluding carboxylic acids is 1. The zero-order valence-electron chi connectivity index (χ0n) is 14.9. The van der Waals surface area contributed by atoms with Gasteiger partial charge in [0.15, 0.2) is 0 Å². The van der Waals surface area contributed by atoms with E-state index >= 15 is 0 Å². The average Bonchev–Trinajstić information content (AvgIpc) is 2.74. The maximum Gasteiger partial charge on any atom is 0.261 e. The minimum Gasteiger partial charge on any atom is -0.339 e. The van der Waals surface area contributed by atoms with Crippen LogP contribution < -0.4 is 10.5 Å². The maximum absolute atomic E-state index is 12.5. The Morgan fingerprint density at radius 3 is 2.48 bits per heavy atom. The SMILES string of the molecule is O=C(CCn1cnc2ccccc2c1=O)N1CCN(c2ncccn2)CC1. The second-order valence-electron chi connectivity index (χ2n) is 6.43. The van der Waals surface area contributed by atoms with E-state index in [0.717, 1.165) is 0 Å². The Morgan fingerprint density at radius 1 is 0.963 bits per heavy atom. The minimum atomic E-state index is -0.112. The van der Waals surface area contributed by atoms with Gasteiger partial charge >= 0.3 is 0 Å². The molecule has 0 saturated carbocycles. The molecule has 2 aromatic heterocycles. The third-order valence-electron chi connectivity index (χ3n) is 4.77. The Balaban J connectivity index is 1.35. The van der Waals surface area contributed by atoms with Gasteiger partial charge in [0.2, 0.25) is 11.9 Å². The van der Waals surface area contributed by atoms with Gasteiger partial charge in [-0.3, -0.25) is 14.2 Å². The smallest absolute Gasteiger partial charge is 0.261 e. The molecule has 3 aromatic rings. The summed E-state index contributed by atoms with van der Waals surface area (Å²) in [4.78, 5) is 41.7. The van der Waals surface area contributed by atoms with Crippen molar-refractivity contribution in [3.8, 4) is 0 Å². The number of amides is 1. The van der Waals surface area contributed by atoms with E-state index in [4.69, 9.17) is 0 Å². The molecular weight excluding hydrogens is 344 g/mol. The summed E-state index contributed by atoms with van der Waals surface area (Å²) in [6.07, 6.45) is 5.23. The summed E-state index contributed by atoms with van der Waals surface area (Å²) in [5, 5.41) is 0.573. The van der Waals surface area contributed by atoms with Crippen LogP contribution in [0.3, 0.4) is 0 Å². The molecule has 0 atom stereocenters. The lowest BCUT2D eigenvalue weighted by Gasteiger charge is -2.34. The van der Waals surface area contributed by atoms with Gasteiger partial charge in [0.1, 0.15) is 0 Å². The first-order valence-corrected chi connectivity index (χ1v) is 8.96. The van der Waals surface area contributed by atoms with Crippen LogP contribution in [0.2, 0.25) is 0 Å². The lowest BCUT2D eigenvalue weighted by molar-refractivity contribution is -0.131. The standard InChI is InChI=1S/C19H20N6O2/c26-17(23-10-12-24(13-11-23)19-20-7-3-8-21-19)6-9-25-14-22-16-5-2-1-4-15(16)18(25)27/h1-5,7-8,14H,6,9-13H2. The van der Waals surface area contributed by atoms with Gasteiger partial charge in [0.05, 0.1) is 17.2 Å². The number of piperazine rings is 1. The van der Waals surface area contributed by atoms with Gasteiger partial charge in [-0.2, -0.15) is 0 Å². The first kappa shape index (κ1) is 17.1. The summed E-state index contributed by atoms with van der Waals surface area (Å²) in [6.45, 7) is 2.99. The number of benzene rings is 1. The predicted octanol–water partition coefficient (Wildman–Crippen LogP) is 0.925. The summed E-state index contributed by atoms with van der Waals surface area (Å²) < 4.78 is 1.51. The van der Waals surface area contributed by atoms with Crippen molar-refractivity contribution in [1.29, 1.82) is 0 Å². The van der Waals surface area contributed by atoms with Gasteiger partial charge in [-0.05, 0) is 18.2 Å². The number of anilines is 1. The third kappa shape index (κ3) is 3.64. The molecule has 1 fully saturated rings. The number of nitrogens with zero attached hydrogens (tertiary/aromatic N) is 6. The number of hydrogen-bond donors (Lipinski definition) is 0. The lowest BCUT2D eigenvalue weighted by Crippen LogP contribution is -2.49. The van der Waals surface area contributed by atoms with Crippen LogP contribution in [-0.2, 0) is 11.3 Å². The highest BCUT2D eigenvalue weighted by Crippen LogP contribution is 2.11. The zero-order valence-corrected chi connectivity index (χ0v) is 14.9. The number of fused-ring (bicyclic) bond motifs is 1. The number of aryl methyl sites for hydroxylation is 1. The molecule has 0 aliphatic carbocycles. The fraction of sp³-hybridized carbons (Fsp3) is 0.316. The van der Waals surface area contributed by atoms with Crippen LogP contribution in [0.1, 0.15) is 6.42 Å². The van der Waals surface area contributed by atoms with Gasteiger partial charge in [-0.15, -0.1) is 0 Å². The molecule has 0 spiro atoms. The molecule has 0 N–H and O–H groups in total. The summed E-state index contributed by atoms with van der Waals surface area (Å²) in [5.74, 6) is 0.738. The van der Waals surface area contributed by atoms with Crippen LogP contribution >= 0.6 is 0 Å². The van der Waals surface area contributed by atoms with Crippen molar-refractivity contribution in [1.82, 2.24) is 24.4 Å². The summed E-state index contributed by atoms with van der Waals surface area (Å²) in [6, 6.07) is 9.02. The van der Waals surface area contributed by atoms with Crippen molar-refractivity contribution in [3.05, 3.63) is 59.4 Å². The van der Waals surface area contributed by atoms with Crippen LogP contribution in [0.15, 0.2) is 53.8 Å². The summed E-state index contributed by atoms with van der Waals surface area (Å²) >= 11 is 0. The van der Waals surface area contributed by atoms with Crippen molar-refractivity contribution < 1.29 is 4.79 Å².